The van der Waals surface area contributed by atoms with E-state index in [2.05, 4.69) is 10.3 Å². The fraction of sp³-hybridized carbons (Fsp3) is 0.250. The number of hydrogen-bond donors (Lipinski definition) is 2. The number of H-pyrrole nitrogens is 1. The summed E-state index contributed by atoms with van der Waals surface area (Å²) in [4.78, 5) is 28.5. The van der Waals surface area contributed by atoms with Crippen LogP contribution in [0.5, 0.6) is 0 Å². The van der Waals surface area contributed by atoms with Gasteiger partial charge >= 0.3 is 6.09 Å². The highest BCUT2D eigenvalue weighted by Gasteiger charge is 2.24. The number of aromatic amines is 1. The van der Waals surface area contributed by atoms with Crippen LogP contribution in [0.1, 0.15) is 48.0 Å². The average Bonchev–Trinajstić information content (AvgIpc) is 3.25. The number of amides is 1. The lowest BCUT2D eigenvalue weighted by Gasteiger charge is -2.20. The molecule has 29 heavy (non-hydrogen) atoms. The van der Waals surface area contributed by atoms with E-state index in [-0.39, 0.29) is 5.78 Å². The molecule has 0 atom stereocenters. The zero-order valence-corrected chi connectivity index (χ0v) is 17.1. The van der Waals surface area contributed by atoms with Crippen LogP contribution in [0.15, 0.2) is 48.0 Å². The molecule has 2 N–H and O–H groups in total. The minimum Gasteiger partial charge on any atom is -0.444 e. The van der Waals surface area contributed by atoms with Crippen LogP contribution in [-0.2, 0) is 11.2 Å². The molecule has 0 saturated carbocycles. The molecule has 1 aliphatic carbocycles. The summed E-state index contributed by atoms with van der Waals surface area (Å²) in [5.41, 5.74) is 5.29. The number of rotatable bonds is 3. The van der Waals surface area contributed by atoms with E-state index < -0.39 is 11.7 Å². The first-order valence-corrected chi connectivity index (χ1v) is 9.67. The van der Waals surface area contributed by atoms with Crippen LogP contribution in [0, 0.1) is 6.92 Å². The minimum absolute atomic E-state index is 0.0278. The Labute approximate surface area is 169 Å². The van der Waals surface area contributed by atoms with Gasteiger partial charge in [0.2, 0.25) is 5.78 Å². The van der Waals surface area contributed by atoms with Crippen molar-refractivity contribution < 1.29 is 14.3 Å². The van der Waals surface area contributed by atoms with Gasteiger partial charge in [0.05, 0.1) is 11.4 Å². The van der Waals surface area contributed by atoms with Crippen molar-refractivity contribution in [1.82, 2.24) is 4.98 Å². The second-order valence-corrected chi connectivity index (χ2v) is 8.40. The molecule has 1 aliphatic rings. The van der Waals surface area contributed by atoms with Crippen LogP contribution in [-0.4, -0.2) is 22.5 Å². The van der Waals surface area contributed by atoms with Crippen molar-refractivity contribution >= 4 is 34.5 Å². The predicted molar refractivity (Wildman–Crippen MR) is 115 cm³/mol. The van der Waals surface area contributed by atoms with E-state index in [0.717, 1.165) is 27.6 Å². The summed E-state index contributed by atoms with van der Waals surface area (Å²) in [5, 5.41) is 3.86. The van der Waals surface area contributed by atoms with Gasteiger partial charge in [-0.1, -0.05) is 24.3 Å². The molecule has 0 spiro atoms. The number of carbonyl (C=O) groups excluding carboxylic acids is 2. The van der Waals surface area contributed by atoms with Crippen molar-refractivity contribution in [1.29, 1.82) is 0 Å². The number of anilines is 1. The molecule has 5 nitrogen and oxygen atoms in total. The molecule has 5 heteroatoms. The zero-order valence-electron chi connectivity index (χ0n) is 17.1. The summed E-state index contributed by atoms with van der Waals surface area (Å²) in [5.74, 6) is -0.0278. The highest BCUT2D eigenvalue weighted by molar-refractivity contribution is 6.14. The van der Waals surface area contributed by atoms with E-state index in [0.29, 0.717) is 23.4 Å². The molecule has 0 aliphatic heterocycles. The van der Waals surface area contributed by atoms with Crippen molar-refractivity contribution in [2.75, 3.05) is 5.32 Å². The van der Waals surface area contributed by atoms with Crippen LogP contribution in [0.25, 0.3) is 17.0 Å². The van der Waals surface area contributed by atoms with E-state index in [9.17, 15) is 9.59 Å². The van der Waals surface area contributed by atoms with Crippen LogP contribution >= 0.6 is 0 Å². The van der Waals surface area contributed by atoms with Gasteiger partial charge in [-0.15, -0.1) is 0 Å². The number of ether oxygens (including phenoxy) is 1. The number of aromatic nitrogens is 1. The molecule has 1 amide bonds. The molecule has 0 bridgehead atoms. The molecule has 0 unspecified atom stereocenters. The summed E-state index contributed by atoms with van der Waals surface area (Å²) in [6, 6.07) is 13.6. The maximum absolute atomic E-state index is 13.1. The van der Waals surface area contributed by atoms with Gasteiger partial charge in [-0.2, -0.15) is 0 Å². The Morgan fingerprint density at radius 2 is 1.86 bits per heavy atom. The van der Waals surface area contributed by atoms with Crippen molar-refractivity contribution in [3.8, 4) is 0 Å². The van der Waals surface area contributed by atoms with Crippen molar-refractivity contribution in [3.63, 3.8) is 0 Å². The fourth-order valence-electron chi connectivity index (χ4n) is 3.64. The molecule has 148 valence electrons. The number of hydrogen-bond acceptors (Lipinski definition) is 3. The van der Waals surface area contributed by atoms with Crippen LogP contribution in [0.4, 0.5) is 10.5 Å². The number of Topliss-reactive ketones (excluding diaryl/α,β-unsaturated/α-hetero) is 1. The van der Waals surface area contributed by atoms with Gasteiger partial charge in [-0.05, 0) is 63.1 Å². The molecule has 4 rings (SSSR count). The van der Waals surface area contributed by atoms with Crippen LogP contribution in [0.2, 0.25) is 0 Å². The number of benzene rings is 2. The normalized spacial score (nSPS) is 13.2. The van der Waals surface area contributed by atoms with Gasteiger partial charge in [-0.3, -0.25) is 10.1 Å². The molecule has 0 saturated heterocycles. The standard InChI is InChI=1S/C24H24N2O3/c1-14-7-5-9-19-17(14)13-21(25-19)22(27)16-11-15-8-6-10-20(18(15)12-16)26-23(28)29-24(2,3)4/h5-10,12-13,25H,11H2,1-4H3,(H,26,28). The van der Waals surface area contributed by atoms with Gasteiger partial charge in [0.1, 0.15) is 5.60 Å². The van der Waals surface area contributed by atoms with Gasteiger partial charge < -0.3 is 9.72 Å². The van der Waals surface area contributed by atoms with E-state index in [1.165, 1.54) is 0 Å². The number of fused-ring (bicyclic) bond motifs is 2. The van der Waals surface area contributed by atoms with Gasteiger partial charge in [0, 0.05) is 28.5 Å². The molecular formula is C24H24N2O3. The third kappa shape index (κ3) is 3.81. The molecule has 1 heterocycles. The average molecular weight is 388 g/mol. The predicted octanol–water partition coefficient (Wildman–Crippen LogP) is 5.65. The molecular weight excluding hydrogens is 364 g/mol. The lowest BCUT2D eigenvalue weighted by Crippen LogP contribution is -2.27. The summed E-state index contributed by atoms with van der Waals surface area (Å²) in [6.45, 7) is 7.49. The maximum atomic E-state index is 13.1. The van der Waals surface area contributed by atoms with Gasteiger partial charge in [-0.25, -0.2) is 4.79 Å². The topological polar surface area (TPSA) is 71.2 Å². The summed E-state index contributed by atoms with van der Waals surface area (Å²) in [7, 11) is 0. The van der Waals surface area contributed by atoms with Gasteiger partial charge in [0.15, 0.2) is 0 Å². The fourth-order valence-corrected chi connectivity index (χ4v) is 3.64. The Morgan fingerprint density at radius 3 is 2.59 bits per heavy atom. The van der Waals surface area contributed by atoms with E-state index in [4.69, 9.17) is 4.74 Å². The first-order valence-electron chi connectivity index (χ1n) is 9.67. The lowest BCUT2D eigenvalue weighted by atomic mass is 10.0. The summed E-state index contributed by atoms with van der Waals surface area (Å²) in [6.07, 6.45) is 1.89. The number of aryl methyl sites for hydroxylation is 1. The second-order valence-electron chi connectivity index (χ2n) is 8.40. The number of carbonyl (C=O) groups is 2. The Hall–Kier alpha value is -3.34. The Bertz CT molecular complexity index is 1160. The first-order chi connectivity index (χ1) is 13.7. The smallest absolute Gasteiger partial charge is 0.412 e. The summed E-state index contributed by atoms with van der Waals surface area (Å²) >= 11 is 0. The van der Waals surface area contributed by atoms with E-state index in [1.54, 1.807) is 0 Å². The van der Waals surface area contributed by atoms with E-state index in [1.807, 2.05) is 76.2 Å². The van der Waals surface area contributed by atoms with E-state index >= 15 is 0 Å². The third-order valence-electron chi connectivity index (χ3n) is 4.95. The second kappa shape index (κ2) is 6.92. The van der Waals surface area contributed by atoms with Gasteiger partial charge in [0.25, 0.3) is 0 Å². The maximum Gasteiger partial charge on any atom is 0.412 e. The molecule has 1 aromatic heterocycles. The molecule has 2 aromatic carbocycles. The minimum atomic E-state index is -0.577. The monoisotopic (exact) mass is 388 g/mol. The van der Waals surface area contributed by atoms with Crippen molar-refractivity contribution in [2.24, 2.45) is 0 Å². The Balaban J connectivity index is 1.61. The number of allylic oxidation sites excluding steroid dienone is 1. The first kappa shape index (κ1) is 19.0. The van der Waals surface area contributed by atoms with Crippen molar-refractivity contribution in [3.05, 3.63) is 70.4 Å². The van der Waals surface area contributed by atoms with Crippen molar-refractivity contribution in [2.45, 2.75) is 39.7 Å². The van der Waals surface area contributed by atoms with Crippen LogP contribution < -0.4 is 5.32 Å². The Morgan fingerprint density at radius 1 is 1.10 bits per heavy atom. The highest BCUT2D eigenvalue weighted by Crippen LogP contribution is 2.33. The SMILES string of the molecule is Cc1cccc2[nH]c(C(=O)C3=Cc4c(cccc4NC(=O)OC(C)(C)C)C3)cc12. The highest BCUT2D eigenvalue weighted by atomic mass is 16.6. The molecule has 3 aromatic rings. The largest absolute Gasteiger partial charge is 0.444 e. The van der Waals surface area contributed by atoms with Crippen LogP contribution in [0.3, 0.4) is 0 Å². The lowest BCUT2D eigenvalue weighted by molar-refractivity contribution is 0.0635. The third-order valence-corrected chi connectivity index (χ3v) is 4.95. The summed E-state index contributed by atoms with van der Waals surface area (Å²) < 4.78 is 5.35. The number of ketones is 1. The zero-order chi connectivity index (χ0) is 20.8. The Kier molecular flexibility index (Phi) is 4.53. The molecule has 0 radical (unpaired) electrons. The quantitative estimate of drug-likeness (QED) is 0.570. The number of nitrogens with one attached hydrogen (secondary N) is 2. The molecule has 0 fully saturated rings.